The lowest BCUT2D eigenvalue weighted by Gasteiger charge is -2.24. The Labute approximate surface area is 132 Å². The van der Waals surface area contributed by atoms with E-state index in [1.807, 2.05) is 26.1 Å². The highest BCUT2D eigenvalue weighted by atomic mass is 35.5. The molecule has 1 aliphatic heterocycles. The molecule has 118 valence electrons. The zero-order valence-electron chi connectivity index (χ0n) is 12.8. The molecule has 3 atom stereocenters. The maximum absolute atomic E-state index is 12.5. The van der Waals surface area contributed by atoms with Crippen LogP contribution in [0.2, 0.25) is 0 Å². The topological polar surface area (TPSA) is 45.5 Å². The Morgan fingerprint density at radius 3 is 2.81 bits per heavy atom. The van der Waals surface area contributed by atoms with Crippen molar-refractivity contribution in [2.75, 3.05) is 7.05 Å². The number of furan rings is 1. The predicted molar refractivity (Wildman–Crippen MR) is 84.5 cm³/mol. The van der Waals surface area contributed by atoms with Crippen molar-refractivity contribution in [2.45, 2.75) is 57.7 Å². The van der Waals surface area contributed by atoms with Crippen molar-refractivity contribution in [1.29, 1.82) is 0 Å². The fraction of sp³-hybridized carbons (Fsp3) is 0.688. The van der Waals surface area contributed by atoms with Gasteiger partial charge in [-0.05, 0) is 44.2 Å². The van der Waals surface area contributed by atoms with Gasteiger partial charge in [-0.2, -0.15) is 0 Å². The first-order valence-electron chi connectivity index (χ1n) is 7.70. The Morgan fingerprint density at radius 1 is 1.38 bits per heavy atom. The van der Waals surface area contributed by atoms with E-state index >= 15 is 0 Å². The summed E-state index contributed by atoms with van der Waals surface area (Å²) < 4.78 is 5.55. The second-order valence-corrected chi connectivity index (χ2v) is 6.31. The first-order chi connectivity index (χ1) is 9.63. The maximum atomic E-state index is 12.5. The van der Waals surface area contributed by atoms with Gasteiger partial charge in [0.2, 0.25) is 5.91 Å². The van der Waals surface area contributed by atoms with Gasteiger partial charge in [0.1, 0.15) is 11.5 Å². The van der Waals surface area contributed by atoms with Crippen molar-refractivity contribution in [2.24, 2.45) is 5.92 Å². The van der Waals surface area contributed by atoms with Crippen LogP contribution in [0.1, 0.15) is 43.6 Å². The van der Waals surface area contributed by atoms with Crippen LogP contribution in [0, 0.1) is 12.8 Å². The molecule has 4 nitrogen and oxygen atoms in total. The second-order valence-electron chi connectivity index (χ2n) is 6.31. The Balaban J connectivity index is 0.00000161. The van der Waals surface area contributed by atoms with Crippen molar-refractivity contribution >= 4 is 18.3 Å². The fourth-order valence-corrected chi connectivity index (χ4v) is 3.66. The van der Waals surface area contributed by atoms with Crippen molar-refractivity contribution in [3.8, 4) is 0 Å². The number of fused-ring (bicyclic) bond motifs is 1. The molecule has 21 heavy (non-hydrogen) atoms. The molecule has 0 bridgehead atoms. The Hall–Kier alpha value is -1.00. The molecule has 1 N–H and O–H groups in total. The summed E-state index contributed by atoms with van der Waals surface area (Å²) in [6.45, 7) is 2.48. The first-order valence-corrected chi connectivity index (χ1v) is 7.70. The number of hydrogen-bond donors (Lipinski definition) is 1. The normalized spacial score (nSPS) is 27.8. The van der Waals surface area contributed by atoms with E-state index in [4.69, 9.17) is 4.42 Å². The first kappa shape index (κ1) is 16.4. The number of carbonyl (C=O) groups is 1. The quantitative estimate of drug-likeness (QED) is 0.933. The lowest BCUT2D eigenvalue weighted by molar-refractivity contribution is -0.132. The van der Waals surface area contributed by atoms with E-state index in [2.05, 4.69) is 5.32 Å². The number of aryl methyl sites for hydroxylation is 1. The van der Waals surface area contributed by atoms with Crippen LogP contribution in [0.5, 0.6) is 0 Å². The van der Waals surface area contributed by atoms with Crippen LogP contribution in [0.3, 0.4) is 0 Å². The zero-order valence-corrected chi connectivity index (χ0v) is 13.6. The highest BCUT2D eigenvalue weighted by molar-refractivity contribution is 5.85. The molecule has 1 saturated carbocycles. The third-order valence-electron chi connectivity index (χ3n) is 4.73. The van der Waals surface area contributed by atoms with Crippen LogP contribution in [0.15, 0.2) is 16.5 Å². The van der Waals surface area contributed by atoms with Gasteiger partial charge in [-0.1, -0.05) is 12.8 Å². The molecule has 0 radical (unpaired) electrons. The van der Waals surface area contributed by atoms with Crippen LogP contribution in [0.4, 0.5) is 0 Å². The molecule has 1 aromatic heterocycles. The van der Waals surface area contributed by atoms with E-state index in [-0.39, 0.29) is 24.4 Å². The molecule has 1 aliphatic carbocycles. The minimum atomic E-state index is 0. The molecule has 5 heteroatoms. The predicted octanol–water partition coefficient (Wildman–Crippen LogP) is 2.89. The van der Waals surface area contributed by atoms with Crippen molar-refractivity contribution in [3.05, 3.63) is 23.7 Å². The molecule has 1 saturated heterocycles. The Bertz CT molecular complexity index is 474. The largest absolute Gasteiger partial charge is 0.464 e. The van der Waals surface area contributed by atoms with E-state index in [0.717, 1.165) is 17.9 Å². The van der Waals surface area contributed by atoms with E-state index < -0.39 is 0 Å². The average Bonchev–Trinajstić information content (AvgIpc) is 3.03. The minimum Gasteiger partial charge on any atom is -0.464 e. The molecule has 2 heterocycles. The number of amides is 1. The summed E-state index contributed by atoms with van der Waals surface area (Å²) >= 11 is 0. The van der Waals surface area contributed by atoms with E-state index in [1.54, 1.807) is 4.90 Å². The maximum Gasteiger partial charge on any atom is 0.239 e. The summed E-state index contributed by atoms with van der Waals surface area (Å²) in [5.41, 5.74) is 0. The summed E-state index contributed by atoms with van der Waals surface area (Å²) in [7, 11) is 1.86. The Kier molecular flexibility index (Phi) is 5.33. The number of halogens is 1. The molecule has 1 aromatic rings. The number of likely N-dealkylation sites (N-methyl/N-ethyl adjacent to an activating group) is 1. The highest BCUT2D eigenvalue weighted by Gasteiger charge is 2.39. The van der Waals surface area contributed by atoms with Gasteiger partial charge in [0.05, 0.1) is 12.6 Å². The standard InChI is InChI=1S/C16H24N2O2.ClH/c1-11-7-8-13(20-11)10-18(2)16(19)15-9-12-5-3-4-6-14(12)17-15;/h7-8,12,14-15,17H,3-6,9-10H2,1-2H3;1H. The fourth-order valence-electron chi connectivity index (χ4n) is 3.66. The lowest BCUT2D eigenvalue weighted by Crippen LogP contribution is -2.43. The Morgan fingerprint density at radius 2 is 2.14 bits per heavy atom. The third-order valence-corrected chi connectivity index (χ3v) is 4.73. The number of nitrogens with one attached hydrogen (secondary N) is 1. The number of carbonyl (C=O) groups excluding carboxylic acids is 1. The van der Waals surface area contributed by atoms with Gasteiger partial charge in [-0.3, -0.25) is 4.79 Å². The van der Waals surface area contributed by atoms with E-state index in [9.17, 15) is 4.79 Å². The highest BCUT2D eigenvalue weighted by Crippen LogP contribution is 2.33. The summed E-state index contributed by atoms with van der Waals surface area (Å²) in [6.07, 6.45) is 6.14. The van der Waals surface area contributed by atoms with Gasteiger partial charge in [0.25, 0.3) is 0 Å². The summed E-state index contributed by atoms with van der Waals surface area (Å²) in [4.78, 5) is 14.3. The van der Waals surface area contributed by atoms with Crippen molar-refractivity contribution in [1.82, 2.24) is 10.2 Å². The SMILES string of the molecule is Cc1ccc(CN(C)C(=O)C2CC3CCCCC3N2)o1.Cl. The average molecular weight is 313 g/mol. The number of rotatable bonds is 3. The zero-order chi connectivity index (χ0) is 14.1. The lowest BCUT2D eigenvalue weighted by atomic mass is 9.85. The van der Waals surface area contributed by atoms with Crippen molar-refractivity contribution in [3.63, 3.8) is 0 Å². The molecule has 0 aromatic carbocycles. The van der Waals surface area contributed by atoms with Gasteiger partial charge in [0.15, 0.2) is 0 Å². The monoisotopic (exact) mass is 312 g/mol. The molecule has 0 spiro atoms. The van der Waals surface area contributed by atoms with Crippen LogP contribution >= 0.6 is 12.4 Å². The smallest absolute Gasteiger partial charge is 0.239 e. The second kappa shape index (κ2) is 6.84. The van der Waals surface area contributed by atoms with Gasteiger partial charge in [-0.25, -0.2) is 0 Å². The minimum absolute atomic E-state index is 0. The summed E-state index contributed by atoms with van der Waals surface area (Å²) in [5, 5.41) is 3.54. The molecular formula is C16H25ClN2O2. The molecule has 2 aliphatic rings. The van der Waals surface area contributed by atoms with Crippen molar-refractivity contribution < 1.29 is 9.21 Å². The van der Waals surface area contributed by atoms with Crippen LogP contribution in [0.25, 0.3) is 0 Å². The molecule has 2 fully saturated rings. The molecule has 3 rings (SSSR count). The third kappa shape index (κ3) is 3.61. The van der Waals surface area contributed by atoms with Gasteiger partial charge in [-0.15, -0.1) is 12.4 Å². The van der Waals surface area contributed by atoms with E-state index in [1.165, 1.54) is 25.7 Å². The van der Waals surface area contributed by atoms with Gasteiger partial charge < -0.3 is 14.6 Å². The molecule has 3 unspecified atom stereocenters. The van der Waals surface area contributed by atoms with Crippen LogP contribution in [-0.2, 0) is 11.3 Å². The summed E-state index contributed by atoms with van der Waals surface area (Å²) in [5.74, 6) is 2.66. The molecule has 1 amide bonds. The van der Waals surface area contributed by atoms with E-state index in [0.29, 0.717) is 18.5 Å². The van der Waals surface area contributed by atoms with Crippen LogP contribution < -0.4 is 5.32 Å². The number of hydrogen-bond acceptors (Lipinski definition) is 3. The summed E-state index contributed by atoms with van der Waals surface area (Å²) in [6, 6.07) is 4.46. The molecular weight excluding hydrogens is 288 g/mol. The van der Waals surface area contributed by atoms with Gasteiger partial charge >= 0.3 is 0 Å². The van der Waals surface area contributed by atoms with Gasteiger partial charge in [0, 0.05) is 13.1 Å². The number of nitrogens with zero attached hydrogens (tertiary/aromatic N) is 1. The van der Waals surface area contributed by atoms with Crippen LogP contribution in [-0.4, -0.2) is 29.9 Å².